The lowest BCUT2D eigenvalue weighted by Crippen LogP contribution is -2.44. The second kappa shape index (κ2) is 6.90. The largest absolute Gasteiger partial charge is 0.391 e. The van der Waals surface area contributed by atoms with Crippen molar-refractivity contribution in [2.75, 3.05) is 39.4 Å². The second-order valence-corrected chi connectivity index (χ2v) is 5.51. The first-order valence-corrected chi connectivity index (χ1v) is 7.16. The minimum Gasteiger partial charge on any atom is -0.379 e. The number of nitrogens with one attached hydrogen (secondary N) is 1. The number of alkyl halides is 3. The van der Waals surface area contributed by atoms with Crippen LogP contribution in [0.25, 0.3) is 0 Å². The van der Waals surface area contributed by atoms with Crippen molar-refractivity contribution in [1.29, 1.82) is 0 Å². The van der Waals surface area contributed by atoms with Gasteiger partial charge in [0.1, 0.15) is 0 Å². The van der Waals surface area contributed by atoms with Crippen molar-refractivity contribution in [2.24, 2.45) is 5.92 Å². The topological polar surface area (TPSA) is 24.5 Å². The minimum atomic E-state index is -4.02. The fourth-order valence-electron chi connectivity index (χ4n) is 2.92. The summed E-state index contributed by atoms with van der Waals surface area (Å²) < 4.78 is 43.3. The van der Waals surface area contributed by atoms with Gasteiger partial charge in [0.15, 0.2) is 0 Å². The molecule has 1 N–H and O–H groups in total. The van der Waals surface area contributed by atoms with Gasteiger partial charge in [0.05, 0.1) is 19.1 Å². The Morgan fingerprint density at radius 1 is 1.16 bits per heavy atom. The van der Waals surface area contributed by atoms with Crippen LogP contribution in [0.5, 0.6) is 0 Å². The van der Waals surface area contributed by atoms with Crippen LogP contribution in [0.4, 0.5) is 13.2 Å². The molecular formula is C13H23F3N2O. The first-order valence-electron chi connectivity index (χ1n) is 7.16. The third-order valence-corrected chi connectivity index (χ3v) is 4.10. The van der Waals surface area contributed by atoms with Gasteiger partial charge in [-0.3, -0.25) is 4.90 Å². The SMILES string of the molecule is FC(F)(F)C1CCCC(NCCN2CCOCC2)C1. The van der Waals surface area contributed by atoms with Gasteiger partial charge in [-0.25, -0.2) is 0 Å². The fourth-order valence-corrected chi connectivity index (χ4v) is 2.92. The summed E-state index contributed by atoms with van der Waals surface area (Å²) in [4.78, 5) is 2.29. The monoisotopic (exact) mass is 280 g/mol. The molecule has 1 aliphatic heterocycles. The van der Waals surface area contributed by atoms with Crippen LogP contribution in [0, 0.1) is 5.92 Å². The lowest BCUT2D eigenvalue weighted by Gasteiger charge is -2.32. The van der Waals surface area contributed by atoms with E-state index in [0.29, 0.717) is 12.8 Å². The second-order valence-electron chi connectivity index (χ2n) is 5.51. The summed E-state index contributed by atoms with van der Waals surface area (Å²) in [7, 11) is 0. The Kier molecular flexibility index (Phi) is 5.47. The first-order chi connectivity index (χ1) is 9.05. The van der Waals surface area contributed by atoms with Crippen molar-refractivity contribution in [3.8, 4) is 0 Å². The molecule has 0 amide bonds. The van der Waals surface area contributed by atoms with Crippen LogP contribution in [0.1, 0.15) is 25.7 Å². The Morgan fingerprint density at radius 2 is 1.89 bits per heavy atom. The lowest BCUT2D eigenvalue weighted by molar-refractivity contribution is -0.183. The molecule has 1 aliphatic carbocycles. The molecule has 0 aromatic carbocycles. The summed E-state index contributed by atoms with van der Waals surface area (Å²) >= 11 is 0. The van der Waals surface area contributed by atoms with E-state index in [4.69, 9.17) is 4.74 Å². The Balaban J connectivity index is 1.65. The van der Waals surface area contributed by atoms with Gasteiger partial charge in [0.25, 0.3) is 0 Å². The number of nitrogens with zero attached hydrogens (tertiary/aromatic N) is 1. The summed E-state index contributed by atoms with van der Waals surface area (Å²) in [6.45, 7) is 5.06. The predicted octanol–water partition coefficient (Wildman–Crippen LogP) is 2.03. The number of halogens is 3. The van der Waals surface area contributed by atoms with Gasteiger partial charge in [0.2, 0.25) is 0 Å². The van der Waals surface area contributed by atoms with E-state index in [1.165, 1.54) is 0 Å². The third kappa shape index (κ3) is 4.93. The molecule has 6 heteroatoms. The van der Waals surface area contributed by atoms with Gasteiger partial charge in [0, 0.05) is 32.2 Å². The molecule has 3 nitrogen and oxygen atoms in total. The number of hydrogen-bond acceptors (Lipinski definition) is 3. The van der Waals surface area contributed by atoms with E-state index in [0.717, 1.165) is 45.8 Å². The predicted molar refractivity (Wildman–Crippen MR) is 67.1 cm³/mol. The Bertz CT molecular complexity index is 267. The quantitative estimate of drug-likeness (QED) is 0.853. The summed E-state index contributed by atoms with van der Waals surface area (Å²) in [5.41, 5.74) is 0. The van der Waals surface area contributed by atoms with Gasteiger partial charge in [-0.2, -0.15) is 13.2 Å². The lowest BCUT2D eigenvalue weighted by atomic mass is 9.85. The van der Waals surface area contributed by atoms with Gasteiger partial charge < -0.3 is 10.1 Å². The summed E-state index contributed by atoms with van der Waals surface area (Å²) in [6, 6.07) is 0.0291. The van der Waals surface area contributed by atoms with Crippen LogP contribution < -0.4 is 5.32 Å². The maximum atomic E-state index is 12.7. The number of ether oxygens (including phenoxy) is 1. The van der Waals surface area contributed by atoms with Gasteiger partial charge in [-0.1, -0.05) is 6.42 Å². The molecule has 0 aromatic heterocycles. The molecule has 0 aromatic rings. The van der Waals surface area contributed by atoms with Crippen molar-refractivity contribution in [1.82, 2.24) is 10.2 Å². The zero-order valence-electron chi connectivity index (χ0n) is 11.2. The van der Waals surface area contributed by atoms with Gasteiger partial charge >= 0.3 is 6.18 Å². The Hall–Kier alpha value is -0.330. The van der Waals surface area contributed by atoms with Crippen molar-refractivity contribution in [3.63, 3.8) is 0 Å². The van der Waals surface area contributed by atoms with E-state index in [1.807, 2.05) is 0 Å². The van der Waals surface area contributed by atoms with Crippen LogP contribution in [0.15, 0.2) is 0 Å². The maximum absolute atomic E-state index is 12.7. The molecule has 1 saturated carbocycles. The van der Waals surface area contributed by atoms with Crippen molar-refractivity contribution in [2.45, 2.75) is 37.9 Å². The summed E-state index contributed by atoms with van der Waals surface area (Å²) in [5.74, 6) is -1.11. The zero-order valence-corrected chi connectivity index (χ0v) is 11.2. The molecule has 2 aliphatic rings. The Morgan fingerprint density at radius 3 is 2.58 bits per heavy atom. The van der Waals surface area contributed by atoms with E-state index in [2.05, 4.69) is 10.2 Å². The molecule has 0 bridgehead atoms. The Labute approximate surface area is 112 Å². The molecule has 1 saturated heterocycles. The molecule has 0 spiro atoms. The van der Waals surface area contributed by atoms with Crippen LogP contribution in [-0.2, 0) is 4.74 Å². The highest BCUT2D eigenvalue weighted by Crippen LogP contribution is 2.37. The zero-order chi connectivity index (χ0) is 13.7. The number of rotatable bonds is 4. The van der Waals surface area contributed by atoms with E-state index < -0.39 is 12.1 Å². The highest BCUT2D eigenvalue weighted by Gasteiger charge is 2.41. The molecule has 112 valence electrons. The molecule has 2 rings (SSSR count). The van der Waals surface area contributed by atoms with E-state index in [1.54, 1.807) is 0 Å². The fraction of sp³-hybridized carbons (Fsp3) is 1.00. The minimum absolute atomic E-state index is 0.0291. The average molecular weight is 280 g/mol. The normalized spacial score (nSPS) is 30.5. The smallest absolute Gasteiger partial charge is 0.379 e. The van der Waals surface area contributed by atoms with Crippen LogP contribution in [0.2, 0.25) is 0 Å². The van der Waals surface area contributed by atoms with Crippen LogP contribution >= 0.6 is 0 Å². The number of hydrogen-bond donors (Lipinski definition) is 1. The average Bonchev–Trinajstić information content (AvgIpc) is 2.39. The number of morpholine rings is 1. The molecule has 2 fully saturated rings. The highest BCUT2D eigenvalue weighted by atomic mass is 19.4. The van der Waals surface area contributed by atoms with Crippen molar-refractivity contribution < 1.29 is 17.9 Å². The standard InChI is InChI=1S/C13H23F3N2O/c14-13(15,16)11-2-1-3-12(10-11)17-4-5-18-6-8-19-9-7-18/h11-12,17H,1-10H2. The van der Waals surface area contributed by atoms with Crippen molar-refractivity contribution >= 4 is 0 Å². The molecule has 0 radical (unpaired) electrons. The first kappa shape index (κ1) is 15.1. The van der Waals surface area contributed by atoms with Gasteiger partial charge in [-0.15, -0.1) is 0 Å². The maximum Gasteiger partial charge on any atom is 0.391 e. The summed E-state index contributed by atoms with van der Waals surface area (Å²) in [5, 5.41) is 3.29. The molecule has 19 heavy (non-hydrogen) atoms. The third-order valence-electron chi connectivity index (χ3n) is 4.10. The van der Waals surface area contributed by atoms with E-state index >= 15 is 0 Å². The summed E-state index contributed by atoms with van der Waals surface area (Å²) in [6.07, 6.45) is -1.93. The molecule has 2 atom stereocenters. The van der Waals surface area contributed by atoms with Crippen LogP contribution in [-0.4, -0.2) is 56.5 Å². The molecular weight excluding hydrogens is 257 g/mol. The molecule has 2 unspecified atom stereocenters. The highest BCUT2D eigenvalue weighted by molar-refractivity contribution is 4.82. The van der Waals surface area contributed by atoms with E-state index in [-0.39, 0.29) is 12.5 Å². The van der Waals surface area contributed by atoms with Gasteiger partial charge in [-0.05, 0) is 19.3 Å². The van der Waals surface area contributed by atoms with Crippen LogP contribution in [0.3, 0.4) is 0 Å². The molecule has 1 heterocycles. The van der Waals surface area contributed by atoms with E-state index in [9.17, 15) is 13.2 Å². The van der Waals surface area contributed by atoms with Crippen molar-refractivity contribution in [3.05, 3.63) is 0 Å².